The molecule has 10 nitrogen and oxygen atoms in total. The maximum Gasteiger partial charge on any atom is 0.333 e. The Kier molecular flexibility index (Phi) is 15.2. The van der Waals surface area contributed by atoms with E-state index >= 15 is 0 Å². The molecule has 0 aromatic carbocycles. The van der Waals surface area contributed by atoms with Gasteiger partial charge in [0, 0.05) is 16.7 Å². The predicted molar refractivity (Wildman–Crippen MR) is 117 cm³/mol. The smallest absolute Gasteiger partial charge is 0.333 e. The highest BCUT2D eigenvalue weighted by Gasteiger charge is 2.24. The number of esters is 3. The van der Waals surface area contributed by atoms with E-state index < -0.39 is 25.0 Å². The van der Waals surface area contributed by atoms with Crippen LogP contribution in [0.15, 0.2) is 36.5 Å². The molecule has 0 spiro atoms. The van der Waals surface area contributed by atoms with E-state index in [0.717, 1.165) is 0 Å². The highest BCUT2D eigenvalue weighted by molar-refractivity contribution is 7.63. The average molecular weight is 476 g/mol. The minimum absolute atomic E-state index is 0.0233. The first-order valence-electron chi connectivity index (χ1n) is 9.76. The molecule has 0 amide bonds. The van der Waals surface area contributed by atoms with Gasteiger partial charge in [0.1, 0.15) is 38.9 Å². The monoisotopic (exact) mass is 476 g/mol. The highest BCUT2D eigenvalue weighted by atomic mass is 31.2. The molecule has 0 bridgehead atoms. The molecule has 0 atom stereocenters. The lowest BCUT2D eigenvalue weighted by atomic mass is 10.4. The lowest BCUT2D eigenvalue weighted by Gasteiger charge is -2.19. The van der Waals surface area contributed by atoms with Crippen molar-refractivity contribution in [3.63, 3.8) is 0 Å². The van der Waals surface area contributed by atoms with Gasteiger partial charge in [-0.3, -0.25) is 0 Å². The van der Waals surface area contributed by atoms with E-state index in [0.29, 0.717) is 0 Å². The van der Waals surface area contributed by atoms with Crippen molar-refractivity contribution in [2.45, 2.75) is 20.8 Å². The summed E-state index contributed by atoms with van der Waals surface area (Å²) in [6.07, 6.45) is -0.557. The maximum absolute atomic E-state index is 13.1. The number of hydrogen-bond acceptors (Lipinski definition) is 10. The van der Waals surface area contributed by atoms with Crippen LogP contribution in [0.1, 0.15) is 20.8 Å². The summed E-state index contributed by atoms with van der Waals surface area (Å²) in [6, 6.07) is 0. The fourth-order valence-corrected chi connectivity index (χ4v) is 3.36. The van der Waals surface area contributed by atoms with Gasteiger partial charge in [0.15, 0.2) is 7.14 Å². The van der Waals surface area contributed by atoms with Gasteiger partial charge in [-0.15, -0.1) is 0 Å². The summed E-state index contributed by atoms with van der Waals surface area (Å²) >= 11 is 0. The molecule has 11 heteroatoms. The van der Waals surface area contributed by atoms with Crippen molar-refractivity contribution in [2.24, 2.45) is 0 Å². The molecule has 0 aliphatic carbocycles. The zero-order valence-corrected chi connectivity index (χ0v) is 19.9. The van der Waals surface area contributed by atoms with E-state index in [4.69, 9.17) is 28.4 Å². The van der Waals surface area contributed by atoms with Gasteiger partial charge in [-0.1, -0.05) is 19.7 Å². The van der Waals surface area contributed by atoms with E-state index in [1.165, 1.54) is 20.8 Å². The van der Waals surface area contributed by atoms with Crippen LogP contribution in [0.3, 0.4) is 0 Å². The van der Waals surface area contributed by atoms with E-state index in [9.17, 15) is 18.9 Å². The maximum atomic E-state index is 13.1. The van der Waals surface area contributed by atoms with Gasteiger partial charge in [0.2, 0.25) is 0 Å². The summed E-state index contributed by atoms with van der Waals surface area (Å²) in [5, 5.41) is 0. The molecule has 0 rings (SSSR count). The van der Waals surface area contributed by atoms with Crippen LogP contribution in [0.2, 0.25) is 0 Å². The molecule has 0 heterocycles. The third-order valence-corrected chi connectivity index (χ3v) is 5.37. The molecule has 0 unspecified atom stereocenters. The SMILES string of the molecule is C=C(C)C(=O)OCCOCP(=O)(COCCOC(=O)C(=C)C)COCCOC(=O)C(=C)C. The molecule has 0 fully saturated rings. The van der Waals surface area contributed by atoms with Crippen LogP contribution in [0, 0.1) is 0 Å². The van der Waals surface area contributed by atoms with Gasteiger partial charge in [0.25, 0.3) is 0 Å². The Labute approximate surface area is 188 Å². The lowest BCUT2D eigenvalue weighted by Crippen LogP contribution is -2.16. The van der Waals surface area contributed by atoms with Crippen molar-refractivity contribution in [1.29, 1.82) is 0 Å². The number of hydrogen-bond donors (Lipinski definition) is 0. The highest BCUT2D eigenvalue weighted by Crippen LogP contribution is 2.45. The van der Waals surface area contributed by atoms with E-state index in [1.54, 1.807) is 0 Å². The molecule has 0 aromatic rings. The van der Waals surface area contributed by atoms with E-state index in [2.05, 4.69) is 19.7 Å². The van der Waals surface area contributed by atoms with Crippen LogP contribution in [0.25, 0.3) is 0 Å². The number of rotatable bonds is 18. The average Bonchev–Trinajstić information content (AvgIpc) is 2.72. The molecule has 0 saturated carbocycles. The first-order chi connectivity index (χ1) is 15.0. The minimum Gasteiger partial charge on any atom is -0.460 e. The number of carbonyl (C=O) groups is 3. The lowest BCUT2D eigenvalue weighted by molar-refractivity contribution is -0.141. The number of carbonyl (C=O) groups excluding carboxylic acids is 3. The Balaban J connectivity index is 4.47. The fourth-order valence-electron chi connectivity index (χ4n) is 1.75. The van der Waals surface area contributed by atoms with Crippen LogP contribution >= 0.6 is 7.14 Å². The van der Waals surface area contributed by atoms with E-state index in [1.807, 2.05) is 0 Å². The second kappa shape index (κ2) is 16.4. The molecular weight excluding hydrogens is 443 g/mol. The third-order valence-electron chi connectivity index (χ3n) is 3.41. The van der Waals surface area contributed by atoms with Crippen molar-refractivity contribution < 1.29 is 47.4 Å². The Bertz CT molecular complexity index is 633. The molecule has 32 heavy (non-hydrogen) atoms. The summed E-state index contributed by atoms with van der Waals surface area (Å²) in [6.45, 7) is 15.0. The Hall–Kier alpha value is -2.26. The van der Waals surface area contributed by atoms with Gasteiger partial charge in [0.05, 0.1) is 19.8 Å². The standard InChI is InChI=1S/C21H33O10P/c1-16(2)19(22)29-10-7-26-13-32(25,14-27-8-11-30-20(23)17(3)4)15-28-9-12-31-21(24)18(5)6/h1,3,5,7-15H2,2,4,6H3. The summed E-state index contributed by atoms with van der Waals surface area (Å²) < 4.78 is 43.9. The molecule has 0 saturated heterocycles. The van der Waals surface area contributed by atoms with Gasteiger partial charge >= 0.3 is 17.9 Å². The van der Waals surface area contributed by atoms with Crippen molar-refractivity contribution >= 4 is 25.0 Å². The van der Waals surface area contributed by atoms with Crippen LogP contribution in [0.5, 0.6) is 0 Å². The molecule has 0 aliphatic heterocycles. The van der Waals surface area contributed by atoms with Crippen LogP contribution in [-0.4, -0.2) is 76.6 Å². The first-order valence-corrected chi connectivity index (χ1v) is 12.0. The zero-order chi connectivity index (χ0) is 24.6. The van der Waals surface area contributed by atoms with Crippen LogP contribution < -0.4 is 0 Å². The molecule has 182 valence electrons. The molecule has 0 aliphatic rings. The Morgan fingerprint density at radius 3 is 1.03 bits per heavy atom. The van der Waals surface area contributed by atoms with Gasteiger partial charge in [-0.25, -0.2) is 14.4 Å². The molecule has 0 radical (unpaired) electrons. The van der Waals surface area contributed by atoms with Crippen LogP contribution in [0.4, 0.5) is 0 Å². The zero-order valence-electron chi connectivity index (χ0n) is 19.0. The topological polar surface area (TPSA) is 124 Å². The predicted octanol–water partition coefficient (Wildman–Crippen LogP) is 2.63. The van der Waals surface area contributed by atoms with Gasteiger partial charge < -0.3 is 33.0 Å². The quantitative estimate of drug-likeness (QED) is 0.0959. The normalized spacial score (nSPS) is 10.8. The molecular formula is C21H33O10P. The second-order valence-electron chi connectivity index (χ2n) is 6.92. The number of ether oxygens (including phenoxy) is 6. The molecule has 0 aromatic heterocycles. The fraction of sp³-hybridized carbons (Fsp3) is 0.571. The van der Waals surface area contributed by atoms with Gasteiger partial charge in [-0.2, -0.15) is 0 Å². The summed E-state index contributed by atoms with van der Waals surface area (Å²) in [4.78, 5) is 34.0. The van der Waals surface area contributed by atoms with Crippen molar-refractivity contribution in [3.05, 3.63) is 36.5 Å². The molecule has 0 N–H and O–H groups in total. The van der Waals surface area contributed by atoms with E-state index in [-0.39, 0.29) is 75.4 Å². The van der Waals surface area contributed by atoms with Crippen molar-refractivity contribution in [2.75, 3.05) is 58.7 Å². The van der Waals surface area contributed by atoms with Gasteiger partial charge in [-0.05, 0) is 20.8 Å². The summed E-state index contributed by atoms with van der Waals surface area (Å²) in [5.41, 5.74) is 0.784. The second-order valence-corrected chi connectivity index (χ2v) is 9.81. The third kappa shape index (κ3) is 14.7. The summed E-state index contributed by atoms with van der Waals surface area (Å²) in [7, 11) is -3.11. The largest absolute Gasteiger partial charge is 0.460 e. The Morgan fingerprint density at radius 1 is 0.562 bits per heavy atom. The first kappa shape index (κ1) is 29.7. The van der Waals surface area contributed by atoms with Crippen molar-refractivity contribution in [1.82, 2.24) is 0 Å². The Morgan fingerprint density at radius 2 is 0.812 bits per heavy atom. The van der Waals surface area contributed by atoms with Crippen LogP contribution in [-0.2, 0) is 47.4 Å². The van der Waals surface area contributed by atoms with Crippen molar-refractivity contribution in [3.8, 4) is 0 Å². The minimum atomic E-state index is -3.11. The summed E-state index contributed by atoms with van der Waals surface area (Å²) in [5.74, 6) is -1.63.